The van der Waals surface area contributed by atoms with Gasteiger partial charge < -0.3 is 14.4 Å². The van der Waals surface area contributed by atoms with Crippen LogP contribution in [0.15, 0.2) is 54.7 Å². The third-order valence-electron chi connectivity index (χ3n) is 4.16. The molecule has 0 N–H and O–H groups in total. The van der Waals surface area contributed by atoms with Crippen LogP contribution in [0.25, 0.3) is 16.8 Å². The second kappa shape index (κ2) is 8.93. The summed E-state index contributed by atoms with van der Waals surface area (Å²) in [6.07, 6.45) is 2.91. The maximum Gasteiger partial charge on any atom is 0.241 e. The topological polar surface area (TPSA) is 39.5 Å². The molecule has 0 aliphatic heterocycles. The molecule has 5 nitrogen and oxygen atoms in total. The minimum Gasteiger partial charge on any atom is -0.497 e. The van der Waals surface area contributed by atoms with Crippen LogP contribution in [0.4, 0.5) is 0 Å². The maximum absolute atomic E-state index is 6.03. The monoisotopic (exact) mass is 385 g/mol. The summed E-state index contributed by atoms with van der Waals surface area (Å²) in [5.74, 6) is 1.43. The van der Waals surface area contributed by atoms with Crippen molar-refractivity contribution in [1.82, 2.24) is 14.7 Å². The van der Waals surface area contributed by atoms with Gasteiger partial charge in [-0.2, -0.15) is 0 Å². The summed E-state index contributed by atoms with van der Waals surface area (Å²) in [5, 5.41) is 5.36. The SMILES string of the molecule is COc1ccc(-n2cc(-c3ccc(Cl)cc3)c(OCCCN(C)C)n2)cc1. The standard InChI is InChI=1S/C21H24ClN3O2/c1-24(2)13-4-14-27-21-20(16-5-7-17(22)8-6-16)15-25(23-21)18-9-11-19(26-3)12-10-18/h5-12,15H,4,13-14H2,1-3H3. The Labute approximate surface area is 165 Å². The van der Waals surface area contributed by atoms with Gasteiger partial charge in [-0.25, -0.2) is 4.68 Å². The third kappa shape index (κ3) is 5.02. The fourth-order valence-corrected chi connectivity index (χ4v) is 2.83. The van der Waals surface area contributed by atoms with E-state index in [0.717, 1.165) is 35.5 Å². The smallest absolute Gasteiger partial charge is 0.241 e. The molecule has 1 aromatic heterocycles. The van der Waals surface area contributed by atoms with Crippen molar-refractivity contribution in [1.29, 1.82) is 0 Å². The highest BCUT2D eigenvalue weighted by atomic mass is 35.5. The number of hydrogen-bond acceptors (Lipinski definition) is 4. The van der Waals surface area contributed by atoms with Crippen molar-refractivity contribution in [2.24, 2.45) is 0 Å². The summed E-state index contributed by atoms with van der Waals surface area (Å²) in [4.78, 5) is 2.14. The molecule has 0 fully saturated rings. The molecule has 0 unspecified atom stereocenters. The van der Waals surface area contributed by atoms with Gasteiger partial charge in [-0.15, -0.1) is 5.10 Å². The van der Waals surface area contributed by atoms with E-state index in [-0.39, 0.29) is 0 Å². The molecule has 0 spiro atoms. The second-order valence-corrected chi connectivity index (χ2v) is 6.94. The minimum atomic E-state index is 0.610. The predicted octanol–water partition coefficient (Wildman–Crippen LogP) is 4.53. The van der Waals surface area contributed by atoms with Gasteiger partial charge in [0.05, 0.1) is 25.0 Å². The van der Waals surface area contributed by atoms with Crippen LogP contribution in [0.1, 0.15) is 6.42 Å². The van der Waals surface area contributed by atoms with Gasteiger partial charge in [-0.05, 0) is 62.5 Å². The highest BCUT2D eigenvalue weighted by molar-refractivity contribution is 6.30. The Bertz CT molecular complexity index is 858. The second-order valence-electron chi connectivity index (χ2n) is 6.50. The quantitative estimate of drug-likeness (QED) is 0.534. The fraction of sp³-hybridized carbons (Fsp3) is 0.286. The van der Waals surface area contributed by atoms with E-state index in [1.165, 1.54) is 0 Å². The van der Waals surface area contributed by atoms with Gasteiger partial charge in [0.2, 0.25) is 5.88 Å². The molecule has 142 valence electrons. The van der Waals surface area contributed by atoms with Crippen molar-refractivity contribution >= 4 is 11.6 Å². The Kier molecular flexibility index (Phi) is 6.37. The van der Waals surface area contributed by atoms with E-state index in [0.29, 0.717) is 17.5 Å². The van der Waals surface area contributed by atoms with Gasteiger partial charge in [0, 0.05) is 17.8 Å². The van der Waals surface area contributed by atoms with Gasteiger partial charge >= 0.3 is 0 Å². The van der Waals surface area contributed by atoms with Crippen molar-refractivity contribution in [3.63, 3.8) is 0 Å². The van der Waals surface area contributed by atoms with Crippen LogP contribution in [-0.2, 0) is 0 Å². The van der Waals surface area contributed by atoms with E-state index in [1.54, 1.807) is 7.11 Å². The lowest BCUT2D eigenvalue weighted by Crippen LogP contribution is -2.15. The Morgan fingerprint density at radius 2 is 1.74 bits per heavy atom. The molecule has 3 rings (SSSR count). The first-order valence-electron chi connectivity index (χ1n) is 8.84. The van der Waals surface area contributed by atoms with Gasteiger partial charge in [-0.3, -0.25) is 0 Å². The normalized spacial score (nSPS) is 11.0. The zero-order valence-corrected chi connectivity index (χ0v) is 16.6. The molecular weight excluding hydrogens is 362 g/mol. The maximum atomic E-state index is 6.03. The van der Waals surface area contributed by atoms with Gasteiger partial charge in [0.15, 0.2) is 0 Å². The highest BCUT2D eigenvalue weighted by Gasteiger charge is 2.14. The van der Waals surface area contributed by atoms with E-state index < -0.39 is 0 Å². The predicted molar refractivity (Wildman–Crippen MR) is 109 cm³/mol. The van der Waals surface area contributed by atoms with Crippen LogP contribution in [0.3, 0.4) is 0 Å². The molecule has 0 atom stereocenters. The molecular formula is C21H24ClN3O2. The van der Waals surface area contributed by atoms with Crippen molar-refractivity contribution in [2.45, 2.75) is 6.42 Å². The Morgan fingerprint density at radius 1 is 1.04 bits per heavy atom. The highest BCUT2D eigenvalue weighted by Crippen LogP contribution is 2.31. The molecule has 0 saturated carbocycles. The first-order valence-corrected chi connectivity index (χ1v) is 9.22. The van der Waals surface area contributed by atoms with E-state index in [4.69, 9.17) is 21.1 Å². The number of ether oxygens (including phenoxy) is 2. The number of benzene rings is 2. The molecule has 2 aromatic carbocycles. The zero-order chi connectivity index (χ0) is 19.2. The molecule has 0 amide bonds. The van der Waals surface area contributed by atoms with Crippen LogP contribution < -0.4 is 9.47 Å². The van der Waals surface area contributed by atoms with Crippen molar-refractivity contribution < 1.29 is 9.47 Å². The number of rotatable bonds is 8. The molecule has 0 aliphatic carbocycles. The molecule has 3 aromatic rings. The molecule has 0 saturated heterocycles. The van der Waals surface area contributed by atoms with Crippen LogP contribution in [0, 0.1) is 0 Å². The molecule has 0 bridgehead atoms. The average Bonchev–Trinajstić information content (AvgIpc) is 3.10. The van der Waals surface area contributed by atoms with Crippen molar-refractivity contribution in [3.8, 4) is 28.4 Å². The first-order chi connectivity index (χ1) is 13.1. The lowest BCUT2D eigenvalue weighted by Gasteiger charge is -2.10. The van der Waals surface area contributed by atoms with E-state index >= 15 is 0 Å². The van der Waals surface area contributed by atoms with E-state index in [1.807, 2.05) is 59.4 Å². The summed E-state index contributed by atoms with van der Waals surface area (Å²) < 4.78 is 13.1. The number of methoxy groups -OCH3 is 1. The number of hydrogen-bond donors (Lipinski definition) is 0. The molecule has 1 heterocycles. The summed E-state index contributed by atoms with van der Waals surface area (Å²) in [6, 6.07) is 15.5. The Hall–Kier alpha value is -2.50. The fourth-order valence-electron chi connectivity index (χ4n) is 2.71. The molecule has 0 radical (unpaired) electrons. The number of halogens is 1. The van der Waals surface area contributed by atoms with Crippen LogP contribution in [0.5, 0.6) is 11.6 Å². The van der Waals surface area contributed by atoms with Gasteiger partial charge in [0.25, 0.3) is 0 Å². The summed E-state index contributed by atoms with van der Waals surface area (Å²) >= 11 is 6.03. The van der Waals surface area contributed by atoms with Crippen molar-refractivity contribution in [2.75, 3.05) is 34.4 Å². The van der Waals surface area contributed by atoms with Gasteiger partial charge in [-0.1, -0.05) is 23.7 Å². The summed E-state index contributed by atoms with van der Waals surface area (Å²) in [6.45, 7) is 1.58. The van der Waals surface area contributed by atoms with E-state index in [2.05, 4.69) is 24.1 Å². The van der Waals surface area contributed by atoms with Crippen LogP contribution in [0.2, 0.25) is 5.02 Å². The van der Waals surface area contributed by atoms with Crippen molar-refractivity contribution in [3.05, 3.63) is 59.8 Å². The lowest BCUT2D eigenvalue weighted by atomic mass is 10.1. The lowest BCUT2D eigenvalue weighted by molar-refractivity contribution is 0.273. The molecule has 27 heavy (non-hydrogen) atoms. The third-order valence-corrected chi connectivity index (χ3v) is 4.41. The first kappa shape index (κ1) is 19.3. The number of nitrogens with zero attached hydrogens (tertiary/aromatic N) is 3. The summed E-state index contributed by atoms with van der Waals surface area (Å²) in [5.41, 5.74) is 2.89. The minimum absolute atomic E-state index is 0.610. The number of aromatic nitrogens is 2. The van der Waals surface area contributed by atoms with E-state index in [9.17, 15) is 0 Å². The van der Waals surface area contributed by atoms with Crippen LogP contribution >= 0.6 is 11.6 Å². The van der Waals surface area contributed by atoms with Gasteiger partial charge in [0.1, 0.15) is 5.75 Å². The Balaban J connectivity index is 1.88. The average molecular weight is 386 g/mol. The summed E-state index contributed by atoms with van der Waals surface area (Å²) in [7, 11) is 5.76. The largest absolute Gasteiger partial charge is 0.497 e. The molecule has 6 heteroatoms. The Morgan fingerprint density at radius 3 is 2.37 bits per heavy atom. The van der Waals surface area contributed by atoms with Crippen LogP contribution in [-0.4, -0.2) is 49.0 Å². The molecule has 0 aliphatic rings. The zero-order valence-electron chi connectivity index (χ0n) is 15.9.